The van der Waals surface area contributed by atoms with Crippen molar-refractivity contribution in [2.45, 2.75) is 38.9 Å². The number of carbonyl (C=O) groups is 1. The maximum absolute atomic E-state index is 8.88. The summed E-state index contributed by atoms with van der Waals surface area (Å²) in [4.78, 5) is 8.56. The summed E-state index contributed by atoms with van der Waals surface area (Å²) >= 11 is 0. The second kappa shape index (κ2) is 8.29. The number of hydrogen-bond donors (Lipinski definition) is 4. The van der Waals surface area contributed by atoms with Crippen molar-refractivity contribution in [3.05, 3.63) is 0 Å². The molecule has 0 radical (unpaired) electrons. The van der Waals surface area contributed by atoms with Crippen LogP contribution in [0.2, 0.25) is 0 Å². The zero-order chi connectivity index (χ0) is 10.1. The van der Waals surface area contributed by atoms with Gasteiger partial charge in [0, 0.05) is 0 Å². The summed E-state index contributed by atoms with van der Waals surface area (Å²) in [6, 6.07) is 0. The largest absolute Gasteiger partial charge is 0.503 e. The fourth-order valence-corrected chi connectivity index (χ4v) is 0.537. The van der Waals surface area contributed by atoms with E-state index in [1.807, 2.05) is 6.92 Å². The van der Waals surface area contributed by atoms with Crippen molar-refractivity contribution in [2.75, 3.05) is 0 Å². The van der Waals surface area contributed by atoms with Crippen LogP contribution in [0.15, 0.2) is 0 Å². The average Bonchev–Trinajstić information content (AvgIpc) is 1.86. The van der Waals surface area contributed by atoms with Crippen LogP contribution in [0, 0.1) is 0 Å². The molecule has 0 amide bonds. The summed E-state index contributed by atoms with van der Waals surface area (Å²) in [7, 11) is 0. The van der Waals surface area contributed by atoms with Crippen molar-refractivity contribution in [3.63, 3.8) is 0 Å². The molecular formula is C7H16O5. The minimum Gasteiger partial charge on any atom is -0.450 e. The molecule has 0 saturated carbocycles. The van der Waals surface area contributed by atoms with Gasteiger partial charge in [-0.2, -0.15) is 0 Å². The maximum Gasteiger partial charge on any atom is 0.503 e. The van der Waals surface area contributed by atoms with Gasteiger partial charge in [-0.25, -0.2) is 4.79 Å². The molecule has 0 bridgehead atoms. The highest BCUT2D eigenvalue weighted by Gasteiger charge is 2.07. The topological polar surface area (TPSA) is 98.0 Å². The molecule has 0 fully saturated rings. The predicted octanol–water partition coefficient (Wildman–Crippen LogP) is 0.751. The molecule has 2 unspecified atom stereocenters. The van der Waals surface area contributed by atoms with Crippen LogP contribution in [0.1, 0.15) is 26.7 Å². The van der Waals surface area contributed by atoms with Crippen LogP contribution in [-0.2, 0) is 0 Å². The molecule has 0 aromatic heterocycles. The van der Waals surface area contributed by atoms with Crippen molar-refractivity contribution in [1.82, 2.24) is 0 Å². The molecule has 5 nitrogen and oxygen atoms in total. The van der Waals surface area contributed by atoms with Crippen molar-refractivity contribution in [3.8, 4) is 0 Å². The molecule has 0 aliphatic rings. The highest BCUT2D eigenvalue weighted by atomic mass is 16.6. The van der Waals surface area contributed by atoms with Gasteiger partial charge in [-0.1, -0.05) is 13.3 Å². The summed E-state index contributed by atoms with van der Waals surface area (Å²) in [5.41, 5.74) is 0. The van der Waals surface area contributed by atoms with E-state index in [0.717, 1.165) is 6.42 Å². The Morgan fingerprint density at radius 1 is 1.33 bits per heavy atom. The van der Waals surface area contributed by atoms with E-state index in [1.54, 1.807) is 6.92 Å². The lowest BCUT2D eigenvalue weighted by atomic mass is 10.1. The summed E-state index contributed by atoms with van der Waals surface area (Å²) < 4.78 is 0. The summed E-state index contributed by atoms with van der Waals surface area (Å²) in [5, 5.41) is 31.5. The zero-order valence-corrected chi connectivity index (χ0v) is 7.27. The van der Waals surface area contributed by atoms with Crippen LogP contribution in [0.25, 0.3) is 0 Å². The first-order chi connectivity index (χ1) is 5.41. The Morgan fingerprint density at radius 3 is 1.75 bits per heavy atom. The van der Waals surface area contributed by atoms with E-state index >= 15 is 0 Å². The van der Waals surface area contributed by atoms with Gasteiger partial charge in [-0.05, 0) is 13.3 Å². The monoisotopic (exact) mass is 180 g/mol. The van der Waals surface area contributed by atoms with E-state index in [1.165, 1.54) is 0 Å². The lowest BCUT2D eigenvalue weighted by Crippen LogP contribution is -2.21. The fraction of sp³-hybridized carbons (Fsp3) is 0.857. The van der Waals surface area contributed by atoms with Crippen LogP contribution in [0.3, 0.4) is 0 Å². The summed E-state index contributed by atoms with van der Waals surface area (Å²) in [5.74, 6) is 0. The molecule has 0 aromatic carbocycles. The standard InChI is InChI=1S/C6H14O2.CH2O3/c1-3-4-6(8)5(2)7;2-1(3)4/h5-8H,3-4H2,1-2H3;(H2,2,3,4). The molecular weight excluding hydrogens is 164 g/mol. The molecule has 5 heteroatoms. The van der Waals surface area contributed by atoms with E-state index in [2.05, 4.69) is 0 Å². The third-order valence-corrected chi connectivity index (χ3v) is 1.14. The van der Waals surface area contributed by atoms with Crippen LogP contribution >= 0.6 is 0 Å². The SMILES string of the molecule is CCCC(O)C(C)O.O=C(O)O. The van der Waals surface area contributed by atoms with Gasteiger partial charge >= 0.3 is 6.16 Å². The van der Waals surface area contributed by atoms with E-state index in [-0.39, 0.29) is 0 Å². The van der Waals surface area contributed by atoms with Gasteiger partial charge in [0.1, 0.15) is 0 Å². The highest BCUT2D eigenvalue weighted by molar-refractivity contribution is 5.53. The Hall–Kier alpha value is -0.810. The molecule has 0 aliphatic carbocycles. The molecule has 0 aliphatic heterocycles. The second-order valence-electron chi connectivity index (χ2n) is 2.38. The third kappa shape index (κ3) is 16.1. The number of aliphatic hydroxyl groups excluding tert-OH is 2. The van der Waals surface area contributed by atoms with Crippen molar-refractivity contribution in [2.24, 2.45) is 0 Å². The number of carboxylic acid groups (broad SMARTS) is 2. The third-order valence-electron chi connectivity index (χ3n) is 1.14. The highest BCUT2D eigenvalue weighted by Crippen LogP contribution is 1.99. The zero-order valence-electron chi connectivity index (χ0n) is 7.27. The van der Waals surface area contributed by atoms with Crippen LogP contribution in [0.4, 0.5) is 4.79 Å². The first kappa shape index (κ1) is 13.8. The number of hydrogen-bond acceptors (Lipinski definition) is 3. The lowest BCUT2D eigenvalue weighted by molar-refractivity contribution is 0.0259. The second-order valence-corrected chi connectivity index (χ2v) is 2.38. The van der Waals surface area contributed by atoms with Gasteiger partial charge in [0.05, 0.1) is 12.2 Å². The van der Waals surface area contributed by atoms with Crippen LogP contribution in [0.5, 0.6) is 0 Å². The van der Waals surface area contributed by atoms with Gasteiger partial charge in [-0.3, -0.25) is 0 Å². The average molecular weight is 180 g/mol. The minimum atomic E-state index is -1.83. The quantitative estimate of drug-likeness (QED) is 0.513. The fourth-order valence-electron chi connectivity index (χ4n) is 0.537. The molecule has 4 N–H and O–H groups in total. The smallest absolute Gasteiger partial charge is 0.450 e. The lowest BCUT2D eigenvalue weighted by Gasteiger charge is -2.10. The van der Waals surface area contributed by atoms with Crippen molar-refractivity contribution < 1.29 is 25.2 Å². The number of aliphatic hydroxyl groups is 2. The molecule has 0 aromatic rings. The van der Waals surface area contributed by atoms with Crippen molar-refractivity contribution >= 4 is 6.16 Å². The van der Waals surface area contributed by atoms with Gasteiger partial charge in [0.15, 0.2) is 0 Å². The molecule has 0 spiro atoms. The molecule has 12 heavy (non-hydrogen) atoms. The Labute approximate surface area is 71.3 Å². The molecule has 2 atom stereocenters. The van der Waals surface area contributed by atoms with Crippen LogP contribution in [-0.4, -0.2) is 38.8 Å². The van der Waals surface area contributed by atoms with E-state index < -0.39 is 18.4 Å². The Balaban J connectivity index is 0. The summed E-state index contributed by atoms with van der Waals surface area (Å²) in [6.45, 7) is 3.58. The van der Waals surface area contributed by atoms with Gasteiger partial charge < -0.3 is 20.4 Å². The summed E-state index contributed by atoms with van der Waals surface area (Å²) in [6.07, 6.45) is -1.32. The van der Waals surface area contributed by atoms with Gasteiger partial charge in [-0.15, -0.1) is 0 Å². The minimum absolute atomic E-state index is 0.528. The van der Waals surface area contributed by atoms with E-state index in [0.29, 0.717) is 6.42 Å². The van der Waals surface area contributed by atoms with Gasteiger partial charge in [0.2, 0.25) is 0 Å². The first-order valence-corrected chi connectivity index (χ1v) is 3.69. The number of rotatable bonds is 3. The first-order valence-electron chi connectivity index (χ1n) is 3.69. The van der Waals surface area contributed by atoms with Gasteiger partial charge in [0.25, 0.3) is 0 Å². The molecule has 0 saturated heterocycles. The Kier molecular flexibility index (Phi) is 9.50. The van der Waals surface area contributed by atoms with E-state index in [9.17, 15) is 0 Å². The Bertz CT molecular complexity index is 108. The normalized spacial score (nSPS) is 14.0. The van der Waals surface area contributed by atoms with E-state index in [4.69, 9.17) is 25.2 Å². The molecule has 0 heterocycles. The molecule has 74 valence electrons. The van der Waals surface area contributed by atoms with Crippen molar-refractivity contribution in [1.29, 1.82) is 0 Å². The maximum atomic E-state index is 8.88. The van der Waals surface area contributed by atoms with Crippen LogP contribution < -0.4 is 0 Å². The molecule has 0 rings (SSSR count). The predicted molar refractivity (Wildman–Crippen MR) is 43.2 cm³/mol. The Morgan fingerprint density at radius 2 is 1.67 bits per heavy atom.